The Kier molecular flexibility index (Phi) is 39.2. The molecule has 0 spiro atoms. The van der Waals surface area contributed by atoms with E-state index in [1.54, 1.807) is 0 Å². The van der Waals surface area contributed by atoms with E-state index in [1.165, 1.54) is 107 Å². The lowest BCUT2D eigenvalue weighted by molar-refractivity contribution is 0.392. The maximum atomic E-state index is 5.31. The van der Waals surface area contributed by atoms with Crippen LogP contribution in [0.3, 0.4) is 0 Å². The molecule has 0 aliphatic heterocycles. The zero-order valence-corrected chi connectivity index (χ0v) is 34.0. The van der Waals surface area contributed by atoms with Gasteiger partial charge in [-0.05, 0) is 83.1 Å². The van der Waals surface area contributed by atoms with Crippen LogP contribution in [0, 0.1) is 36.5 Å². The van der Waals surface area contributed by atoms with Gasteiger partial charge in [0.25, 0.3) is 0 Å². The van der Waals surface area contributed by atoms with Crippen molar-refractivity contribution in [2.24, 2.45) is 23.5 Å². The molecule has 2 atom stereocenters. The third-order valence-electron chi connectivity index (χ3n) is 8.32. The Bertz CT molecular complexity index is 789. The van der Waals surface area contributed by atoms with E-state index in [4.69, 9.17) is 5.73 Å². The van der Waals surface area contributed by atoms with Crippen LogP contribution in [0.5, 0.6) is 0 Å². The molecule has 1 fully saturated rings. The van der Waals surface area contributed by atoms with Crippen LogP contribution < -0.4 is 5.73 Å². The van der Waals surface area contributed by atoms with E-state index in [9.17, 15) is 0 Å². The zero-order chi connectivity index (χ0) is 35.7. The normalized spacial score (nSPS) is 13.1. The Labute approximate surface area is 287 Å². The summed E-state index contributed by atoms with van der Waals surface area (Å²) >= 11 is 0. The molecule has 1 saturated carbocycles. The second-order valence-electron chi connectivity index (χ2n) is 13.8. The summed E-state index contributed by atoms with van der Waals surface area (Å²) in [6.07, 6.45) is 19.0. The first-order valence-electron chi connectivity index (χ1n) is 19.2. The van der Waals surface area contributed by atoms with Gasteiger partial charge in [0.15, 0.2) is 0 Å². The second kappa shape index (κ2) is 35.2. The molecular weight excluding hydrogens is 542 g/mol. The molecule has 2 N–H and O–H groups in total. The van der Waals surface area contributed by atoms with Crippen LogP contribution in [0.1, 0.15) is 205 Å². The van der Waals surface area contributed by atoms with Gasteiger partial charge in [0.2, 0.25) is 0 Å². The van der Waals surface area contributed by atoms with Gasteiger partial charge in [-0.15, -0.1) is 11.8 Å². The van der Waals surface area contributed by atoms with E-state index >= 15 is 0 Å². The summed E-state index contributed by atoms with van der Waals surface area (Å²) in [5.74, 6) is 8.72. The van der Waals surface area contributed by atoms with Crippen molar-refractivity contribution >= 4 is 0 Å². The van der Waals surface area contributed by atoms with Crippen LogP contribution in [0.15, 0.2) is 35.5 Å². The highest BCUT2D eigenvalue weighted by Crippen LogP contribution is 2.33. The molecule has 1 aromatic rings. The summed E-state index contributed by atoms with van der Waals surface area (Å²) in [6, 6.07) is 9.08. The molecule has 1 aromatic carbocycles. The molecule has 1 aliphatic carbocycles. The first-order chi connectivity index (χ1) is 21.3. The van der Waals surface area contributed by atoms with Crippen LogP contribution >= 0.6 is 0 Å². The number of hydrogen-bond donors (Lipinski definition) is 1. The van der Waals surface area contributed by atoms with E-state index in [1.807, 2.05) is 41.5 Å². The minimum atomic E-state index is 0.386. The fourth-order valence-corrected chi connectivity index (χ4v) is 5.15. The van der Waals surface area contributed by atoms with Crippen LogP contribution in [0.4, 0.5) is 0 Å². The van der Waals surface area contributed by atoms with Crippen molar-refractivity contribution in [3.05, 3.63) is 46.7 Å². The molecule has 0 bridgehead atoms. The maximum Gasteiger partial charge on any atom is 0.0174 e. The lowest BCUT2D eigenvalue weighted by Crippen LogP contribution is -2.21. The highest BCUT2D eigenvalue weighted by atomic mass is 14.5. The lowest BCUT2D eigenvalue weighted by atomic mass is 9.75. The van der Waals surface area contributed by atoms with Gasteiger partial charge in [-0.2, -0.15) is 0 Å². The first kappa shape index (κ1) is 50.2. The lowest BCUT2D eigenvalue weighted by Gasteiger charge is -2.29. The third-order valence-corrected chi connectivity index (χ3v) is 8.32. The topological polar surface area (TPSA) is 26.0 Å². The molecule has 0 heterocycles. The Morgan fingerprint density at radius 1 is 0.844 bits per heavy atom. The van der Waals surface area contributed by atoms with Gasteiger partial charge in [0.05, 0.1) is 0 Å². The van der Waals surface area contributed by atoms with Gasteiger partial charge in [0.1, 0.15) is 0 Å². The maximum absolute atomic E-state index is 5.31. The fraction of sp³-hybridized carbons (Fsp3) is 0.773. The number of unbranched alkanes of at least 4 members (excludes halogenated alkanes) is 1. The van der Waals surface area contributed by atoms with E-state index in [-0.39, 0.29) is 0 Å². The second-order valence-corrected chi connectivity index (χ2v) is 13.8. The average Bonchev–Trinajstić information content (AvgIpc) is 3.49. The number of benzene rings is 1. The Balaban J connectivity index is -0.000000252. The van der Waals surface area contributed by atoms with E-state index in [0.29, 0.717) is 11.3 Å². The van der Waals surface area contributed by atoms with Crippen molar-refractivity contribution in [3.63, 3.8) is 0 Å². The molecule has 45 heavy (non-hydrogen) atoms. The van der Waals surface area contributed by atoms with E-state index in [2.05, 4.69) is 105 Å². The first-order valence-corrected chi connectivity index (χ1v) is 19.2. The van der Waals surface area contributed by atoms with Gasteiger partial charge >= 0.3 is 0 Å². The van der Waals surface area contributed by atoms with Crippen molar-refractivity contribution in [2.45, 2.75) is 206 Å². The standard InChI is InChI=1S/C15H24.C13H24.C6H12.C5H11N.C3H8.C2H6/c1-5-11-15(4,12-6-2)14-9-7-13(3)8-10-14;1-5-7-9-13(4)11-10-12(3)8-6-2;1-6-4-2-3-5-6;1-4(2)5(3)6;1-3-2;1-2/h7-10H,5-6,11-12H2,1-4H3;12-13H,5,7,9-11H2,1-4H3;6H,2-5H2,1H3;6H2,1-3H3;3H2,1-2H3;1-2H3/t;12?,13-;;;;/m.1..../s1. The van der Waals surface area contributed by atoms with Gasteiger partial charge < -0.3 is 5.73 Å². The number of aryl methyl sites for hydroxylation is 1. The zero-order valence-electron chi connectivity index (χ0n) is 34.0. The molecule has 1 heteroatoms. The Morgan fingerprint density at radius 2 is 1.29 bits per heavy atom. The third kappa shape index (κ3) is 33.5. The van der Waals surface area contributed by atoms with Crippen molar-refractivity contribution in [1.82, 2.24) is 0 Å². The number of rotatable bonds is 11. The molecule has 2 rings (SSSR count). The number of allylic oxidation sites excluding steroid dienone is 2. The Hall–Kier alpha value is -1.68. The predicted molar refractivity (Wildman–Crippen MR) is 212 cm³/mol. The summed E-state index contributed by atoms with van der Waals surface area (Å²) < 4.78 is 0. The average molecular weight is 628 g/mol. The van der Waals surface area contributed by atoms with Crippen molar-refractivity contribution in [3.8, 4) is 11.8 Å². The van der Waals surface area contributed by atoms with Crippen molar-refractivity contribution in [2.75, 3.05) is 0 Å². The highest BCUT2D eigenvalue weighted by molar-refractivity contribution is 5.28. The van der Waals surface area contributed by atoms with Gasteiger partial charge in [-0.3, -0.25) is 0 Å². The smallest absolute Gasteiger partial charge is 0.0174 e. The predicted octanol–water partition coefficient (Wildman–Crippen LogP) is 15.0. The molecule has 1 nitrogen and oxygen atoms in total. The van der Waals surface area contributed by atoms with E-state index in [0.717, 1.165) is 17.5 Å². The largest absolute Gasteiger partial charge is 0.402 e. The Morgan fingerprint density at radius 3 is 1.60 bits per heavy atom. The fourth-order valence-electron chi connectivity index (χ4n) is 5.15. The van der Waals surface area contributed by atoms with E-state index < -0.39 is 0 Å². The number of hydrogen-bond acceptors (Lipinski definition) is 1. The summed E-state index contributed by atoms with van der Waals surface area (Å²) in [7, 11) is 0. The summed E-state index contributed by atoms with van der Waals surface area (Å²) in [5.41, 5.74) is 10.7. The summed E-state index contributed by atoms with van der Waals surface area (Å²) in [5, 5.41) is 0. The molecule has 1 unspecified atom stereocenters. The summed E-state index contributed by atoms with van der Waals surface area (Å²) in [6.45, 7) is 34.4. The molecule has 1 aliphatic rings. The minimum absolute atomic E-state index is 0.386. The highest BCUT2D eigenvalue weighted by Gasteiger charge is 2.24. The quantitative estimate of drug-likeness (QED) is 0.243. The van der Waals surface area contributed by atoms with Crippen molar-refractivity contribution < 1.29 is 0 Å². The molecule has 0 amide bonds. The number of nitrogens with two attached hydrogens (primary N) is 1. The molecule has 0 radical (unpaired) electrons. The van der Waals surface area contributed by atoms with Gasteiger partial charge in [0, 0.05) is 11.6 Å². The molecule has 0 saturated heterocycles. The van der Waals surface area contributed by atoms with Crippen LogP contribution in [-0.2, 0) is 5.41 Å². The SMILES string of the molecule is CC.CC#CC(C)CC[C@H](C)CCCC.CC(C)=C(C)N.CC1CCCC1.CCC.CCCC(C)(CCC)c1ccc(C)cc1. The van der Waals surface area contributed by atoms with Gasteiger partial charge in [-0.25, -0.2) is 0 Å². The summed E-state index contributed by atoms with van der Waals surface area (Å²) in [4.78, 5) is 0. The monoisotopic (exact) mass is 628 g/mol. The van der Waals surface area contributed by atoms with Crippen molar-refractivity contribution in [1.29, 1.82) is 0 Å². The van der Waals surface area contributed by atoms with Gasteiger partial charge in [-0.1, -0.05) is 176 Å². The van der Waals surface area contributed by atoms with Crippen LogP contribution in [0.2, 0.25) is 0 Å². The molecule has 266 valence electrons. The molecule has 0 aromatic heterocycles. The minimum Gasteiger partial charge on any atom is -0.402 e. The molecular formula is C44H85N. The van der Waals surface area contributed by atoms with Crippen LogP contribution in [0.25, 0.3) is 0 Å². The van der Waals surface area contributed by atoms with Crippen LogP contribution in [-0.4, -0.2) is 0 Å².